The lowest BCUT2D eigenvalue weighted by Crippen LogP contribution is -2.46. The molecule has 2 rings (SSSR count). The van der Waals surface area contributed by atoms with E-state index in [-0.39, 0.29) is 11.3 Å². The van der Waals surface area contributed by atoms with Crippen LogP contribution < -0.4 is 10.6 Å². The van der Waals surface area contributed by atoms with Crippen LogP contribution in [0.25, 0.3) is 0 Å². The van der Waals surface area contributed by atoms with E-state index in [1.807, 2.05) is 0 Å². The zero-order valence-corrected chi connectivity index (χ0v) is 16.3. The van der Waals surface area contributed by atoms with Crippen LogP contribution in [0.5, 0.6) is 0 Å². The Morgan fingerprint density at radius 2 is 2.08 bits per heavy atom. The number of aromatic nitrogens is 1. The highest BCUT2D eigenvalue weighted by molar-refractivity contribution is 7.09. The Bertz CT molecular complexity index is 515. The standard InChI is InChI=1S/C18H32N4OS/c1-5-8-19-16(23)12-22-9-6-14(7-10-22)20-11-15-13-24-17(21-15)18(2,3)4/h13-14,20H,5-12H2,1-4H3,(H,19,23). The molecule has 0 aliphatic carbocycles. The number of nitrogens with zero attached hydrogens (tertiary/aromatic N) is 2. The molecule has 0 atom stereocenters. The average Bonchev–Trinajstić information content (AvgIpc) is 3.01. The van der Waals surface area contributed by atoms with E-state index >= 15 is 0 Å². The van der Waals surface area contributed by atoms with Gasteiger partial charge in [-0.2, -0.15) is 0 Å². The molecule has 1 saturated heterocycles. The Kier molecular flexibility index (Phi) is 7.19. The highest BCUT2D eigenvalue weighted by Crippen LogP contribution is 2.25. The molecule has 1 aromatic rings. The summed E-state index contributed by atoms with van der Waals surface area (Å²) in [5.41, 5.74) is 1.28. The molecule has 1 amide bonds. The fourth-order valence-electron chi connectivity index (χ4n) is 2.80. The van der Waals surface area contributed by atoms with Crippen molar-refractivity contribution in [1.29, 1.82) is 0 Å². The molecular formula is C18H32N4OS. The van der Waals surface area contributed by atoms with Crippen molar-refractivity contribution in [3.8, 4) is 0 Å². The van der Waals surface area contributed by atoms with E-state index < -0.39 is 0 Å². The minimum absolute atomic E-state index is 0.132. The number of carbonyl (C=O) groups excluding carboxylic acids is 1. The van der Waals surface area contributed by atoms with Crippen LogP contribution >= 0.6 is 11.3 Å². The van der Waals surface area contributed by atoms with Crippen LogP contribution in [0.2, 0.25) is 0 Å². The molecule has 5 nitrogen and oxygen atoms in total. The maximum absolute atomic E-state index is 11.8. The van der Waals surface area contributed by atoms with E-state index in [2.05, 4.69) is 48.6 Å². The lowest BCUT2D eigenvalue weighted by Gasteiger charge is -2.31. The molecule has 1 aliphatic rings. The van der Waals surface area contributed by atoms with Gasteiger partial charge in [-0.15, -0.1) is 11.3 Å². The van der Waals surface area contributed by atoms with Gasteiger partial charge in [-0.05, 0) is 19.3 Å². The molecule has 0 saturated carbocycles. The summed E-state index contributed by atoms with van der Waals surface area (Å²) in [7, 11) is 0. The van der Waals surface area contributed by atoms with E-state index in [9.17, 15) is 4.79 Å². The minimum Gasteiger partial charge on any atom is -0.355 e. The van der Waals surface area contributed by atoms with Gasteiger partial charge in [-0.1, -0.05) is 27.7 Å². The molecule has 0 radical (unpaired) electrons. The predicted octanol–water partition coefficient (Wildman–Crippen LogP) is 2.52. The second-order valence-corrected chi connectivity index (χ2v) is 8.53. The third-order valence-corrected chi connectivity index (χ3v) is 5.61. The molecule has 1 aromatic heterocycles. The van der Waals surface area contributed by atoms with Gasteiger partial charge in [0.25, 0.3) is 0 Å². The molecular weight excluding hydrogens is 320 g/mol. The SMILES string of the molecule is CCCNC(=O)CN1CCC(NCc2csc(C(C)(C)C)n2)CC1. The van der Waals surface area contributed by atoms with E-state index in [0.29, 0.717) is 12.6 Å². The average molecular weight is 353 g/mol. The molecule has 1 aliphatic heterocycles. The Balaban J connectivity index is 1.68. The zero-order valence-electron chi connectivity index (χ0n) is 15.5. The van der Waals surface area contributed by atoms with E-state index in [4.69, 9.17) is 4.98 Å². The maximum atomic E-state index is 11.8. The number of piperidine rings is 1. The van der Waals surface area contributed by atoms with Gasteiger partial charge in [0, 0.05) is 43.0 Å². The number of nitrogens with one attached hydrogen (secondary N) is 2. The molecule has 1 fully saturated rings. The van der Waals surface area contributed by atoms with Crippen LogP contribution in [0.3, 0.4) is 0 Å². The summed E-state index contributed by atoms with van der Waals surface area (Å²) in [6.45, 7) is 12.8. The lowest BCUT2D eigenvalue weighted by atomic mass is 9.98. The van der Waals surface area contributed by atoms with Crippen LogP contribution in [0.4, 0.5) is 0 Å². The summed E-state index contributed by atoms with van der Waals surface area (Å²) in [6, 6.07) is 0.528. The molecule has 0 unspecified atom stereocenters. The summed E-state index contributed by atoms with van der Waals surface area (Å²) in [5.74, 6) is 0.153. The molecule has 6 heteroatoms. The van der Waals surface area contributed by atoms with Gasteiger partial charge in [0.2, 0.25) is 5.91 Å². The number of hydrogen-bond donors (Lipinski definition) is 2. The lowest BCUT2D eigenvalue weighted by molar-refractivity contribution is -0.122. The quantitative estimate of drug-likeness (QED) is 0.792. The normalized spacial score (nSPS) is 17.2. The fourth-order valence-corrected chi connectivity index (χ4v) is 3.71. The van der Waals surface area contributed by atoms with Crippen molar-refractivity contribution in [2.45, 2.75) is 65.0 Å². The molecule has 24 heavy (non-hydrogen) atoms. The molecule has 2 N–H and O–H groups in total. The summed E-state index contributed by atoms with van der Waals surface area (Å²) in [6.07, 6.45) is 3.18. The molecule has 136 valence electrons. The largest absolute Gasteiger partial charge is 0.355 e. The topological polar surface area (TPSA) is 57.3 Å². The van der Waals surface area contributed by atoms with E-state index in [0.717, 1.165) is 51.1 Å². The summed E-state index contributed by atoms with van der Waals surface area (Å²) in [4.78, 5) is 18.8. The van der Waals surface area contributed by atoms with Crippen molar-refractivity contribution in [1.82, 2.24) is 20.5 Å². The van der Waals surface area contributed by atoms with Crippen molar-refractivity contribution < 1.29 is 4.79 Å². The van der Waals surface area contributed by atoms with Gasteiger partial charge in [0.1, 0.15) is 0 Å². The van der Waals surface area contributed by atoms with Gasteiger partial charge >= 0.3 is 0 Å². The monoisotopic (exact) mass is 352 g/mol. The van der Waals surface area contributed by atoms with Gasteiger partial charge in [-0.25, -0.2) is 4.98 Å². The molecule has 0 spiro atoms. The van der Waals surface area contributed by atoms with Crippen LogP contribution in [-0.4, -0.2) is 48.0 Å². The predicted molar refractivity (Wildman–Crippen MR) is 100 cm³/mol. The Morgan fingerprint density at radius 3 is 2.67 bits per heavy atom. The van der Waals surface area contributed by atoms with Crippen molar-refractivity contribution in [3.63, 3.8) is 0 Å². The Labute approximate surface area is 150 Å². The summed E-state index contributed by atoms with van der Waals surface area (Å²) >= 11 is 1.75. The number of thiazole rings is 1. The van der Waals surface area contributed by atoms with Crippen molar-refractivity contribution >= 4 is 17.2 Å². The smallest absolute Gasteiger partial charge is 0.234 e. The number of likely N-dealkylation sites (tertiary alicyclic amines) is 1. The Morgan fingerprint density at radius 1 is 1.38 bits per heavy atom. The Hall–Kier alpha value is -0.980. The summed E-state index contributed by atoms with van der Waals surface area (Å²) < 4.78 is 0. The summed E-state index contributed by atoms with van der Waals surface area (Å²) in [5, 5.41) is 9.94. The first-order chi connectivity index (χ1) is 11.4. The second-order valence-electron chi connectivity index (χ2n) is 7.68. The van der Waals surface area contributed by atoms with E-state index in [1.54, 1.807) is 11.3 Å². The van der Waals surface area contributed by atoms with Crippen molar-refractivity contribution in [2.75, 3.05) is 26.2 Å². The van der Waals surface area contributed by atoms with Crippen LogP contribution in [0, 0.1) is 0 Å². The molecule has 2 heterocycles. The van der Waals surface area contributed by atoms with Crippen molar-refractivity contribution in [2.24, 2.45) is 0 Å². The molecule has 0 bridgehead atoms. The first-order valence-corrected chi connectivity index (χ1v) is 9.93. The maximum Gasteiger partial charge on any atom is 0.234 e. The third kappa shape index (κ3) is 6.15. The first-order valence-electron chi connectivity index (χ1n) is 9.06. The highest BCUT2D eigenvalue weighted by Gasteiger charge is 2.21. The van der Waals surface area contributed by atoms with Crippen molar-refractivity contribution in [3.05, 3.63) is 16.1 Å². The van der Waals surface area contributed by atoms with Crippen LogP contribution in [0.1, 0.15) is 57.7 Å². The number of hydrogen-bond acceptors (Lipinski definition) is 5. The van der Waals surface area contributed by atoms with Gasteiger partial charge < -0.3 is 10.6 Å². The third-order valence-electron chi connectivity index (χ3n) is 4.29. The zero-order chi connectivity index (χ0) is 17.6. The number of rotatable bonds is 7. The number of carbonyl (C=O) groups is 1. The van der Waals surface area contributed by atoms with Gasteiger partial charge in [0.05, 0.1) is 17.2 Å². The fraction of sp³-hybridized carbons (Fsp3) is 0.778. The minimum atomic E-state index is 0.132. The molecule has 0 aromatic carbocycles. The van der Waals surface area contributed by atoms with Crippen LogP contribution in [0.15, 0.2) is 5.38 Å². The van der Waals surface area contributed by atoms with Crippen LogP contribution in [-0.2, 0) is 16.8 Å². The second kappa shape index (κ2) is 8.92. The van der Waals surface area contributed by atoms with Gasteiger partial charge in [-0.3, -0.25) is 9.69 Å². The number of amides is 1. The highest BCUT2D eigenvalue weighted by atomic mass is 32.1. The first kappa shape index (κ1) is 19.3. The van der Waals surface area contributed by atoms with Gasteiger partial charge in [0.15, 0.2) is 0 Å². The van der Waals surface area contributed by atoms with E-state index in [1.165, 1.54) is 5.01 Å².